The topological polar surface area (TPSA) is 100 Å². The van der Waals surface area contributed by atoms with Gasteiger partial charge in [-0.3, -0.25) is 4.57 Å². The third kappa shape index (κ3) is 3.28. The molecular formula is C9H10Br2N4O3S2. The lowest BCUT2D eigenvalue weighted by molar-refractivity contribution is 0.185. The lowest BCUT2D eigenvalue weighted by Crippen LogP contribution is -2.20. The molecule has 0 aliphatic heterocycles. The Hall–Kier alpha value is -0.330. The van der Waals surface area contributed by atoms with Gasteiger partial charge in [-0.05, 0) is 37.9 Å². The smallest absolute Gasteiger partial charge is 0.273 e. The standard InChI is InChI=1S/C9H10Br2N4O3S2/c1-18-3-2-15-8(5-4-6(10)19-7(5)11)13-14-9(15)20(12,16)17/h4H,2-3H2,1H3,(H2,12,16,17). The molecule has 0 aromatic carbocycles. The van der Waals surface area contributed by atoms with Gasteiger partial charge in [0.1, 0.15) is 0 Å². The van der Waals surface area contributed by atoms with Crippen molar-refractivity contribution in [3.05, 3.63) is 13.6 Å². The largest absolute Gasteiger partial charge is 0.383 e. The van der Waals surface area contributed by atoms with E-state index in [9.17, 15) is 8.42 Å². The SMILES string of the molecule is COCCn1c(-c2cc(Br)sc2Br)nnc1S(N)(=O)=O. The van der Waals surface area contributed by atoms with Crippen LogP contribution in [-0.4, -0.2) is 36.9 Å². The molecule has 0 atom stereocenters. The molecule has 2 N–H and O–H groups in total. The highest BCUT2D eigenvalue weighted by atomic mass is 79.9. The zero-order valence-corrected chi connectivity index (χ0v) is 15.0. The average Bonchev–Trinajstić information content (AvgIpc) is 2.88. The first-order chi connectivity index (χ1) is 9.34. The summed E-state index contributed by atoms with van der Waals surface area (Å²) in [7, 11) is -2.42. The summed E-state index contributed by atoms with van der Waals surface area (Å²) in [6, 6.07) is 1.83. The van der Waals surface area contributed by atoms with E-state index in [1.54, 1.807) is 0 Å². The Morgan fingerprint density at radius 3 is 2.65 bits per heavy atom. The number of sulfonamides is 1. The van der Waals surface area contributed by atoms with Crippen LogP contribution in [-0.2, 0) is 21.3 Å². The van der Waals surface area contributed by atoms with Gasteiger partial charge < -0.3 is 4.74 Å². The zero-order chi connectivity index (χ0) is 14.9. The van der Waals surface area contributed by atoms with E-state index in [1.807, 2.05) is 6.07 Å². The van der Waals surface area contributed by atoms with Crippen molar-refractivity contribution in [2.75, 3.05) is 13.7 Å². The fourth-order valence-electron chi connectivity index (χ4n) is 1.58. The highest BCUT2D eigenvalue weighted by Gasteiger charge is 2.23. The molecule has 2 heterocycles. The van der Waals surface area contributed by atoms with Crippen molar-refractivity contribution in [1.82, 2.24) is 14.8 Å². The fraction of sp³-hybridized carbons (Fsp3) is 0.333. The van der Waals surface area contributed by atoms with Gasteiger partial charge in [0.25, 0.3) is 15.2 Å². The van der Waals surface area contributed by atoms with E-state index in [0.717, 1.165) is 13.1 Å². The predicted molar refractivity (Wildman–Crippen MR) is 82.0 cm³/mol. The number of hydrogen-bond acceptors (Lipinski definition) is 6. The van der Waals surface area contributed by atoms with Crippen LogP contribution < -0.4 is 5.14 Å². The number of rotatable bonds is 5. The average molecular weight is 446 g/mol. The number of primary sulfonamides is 1. The summed E-state index contributed by atoms with van der Waals surface area (Å²) in [4.78, 5) is 0. The maximum Gasteiger partial charge on any atom is 0.273 e. The number of methoxy groups -OCH3 is 1. The molecule has 0 spiro atoms. The maximum atomic E-state index is 11.5. The third-order valence-electron chi connectivity index (χ3n) is 2.39. The first kappa shape index (κ1) is 16.0. The van der Waals surface area contributed by atoms with Crippen molar-refractivity contribution < 1.29 is 13.2 Å². The minimum absolute atomic E-state index is 0.279. The Kier molecular flexibility index (Phi) is 4.97. The normalized spacial score (nSPS) is 12.0. The van der Waals surface area contributed by atoms with Gasteiger partial charge in [0.15, 0.2) is 5.82 Å². The number of ether oxygens (including phenoxy) is 1. The number of thiophene rings is 1. The van der Waals surface area contributed by atoms with Crippen molar-refractivity contribution in [2.24, 2.45) is 5.14 Å². The first-order valence-corrected chi connectivity index (χ1v) is 9.19. The quantitative estimate of drug-likeness (QED) is 0.756. The molecule has 0 bridgehead atoms. The van der Waals surface area contributed by atoms with Crippen molar-refractivity contribution in [3.63, 3.8) is 0 Å². The fourth-order valence-corrected chi connectivity index (χ4v) is 5.00. The van der Waals surface area contributed by atoms with Crippen LogP contribution in [0.4, 0.5) is 0 Å². The van der Waals surface area contributed by atoms with Gasteiger partial charge in [-0.2, -0.15) is 0 Å². The van der Waals surface area contributed by atoms with Gasteiger partial charge >= 0.3 is 0 Å². The van der Waals surface area contributed by atoms with Crippen LogP contribution >= 0.6 is 43.2 Å². The Morgan fingerprint density at radius 2 is 2.15 bits per heavy atom. The summed E-state index contributed by atoms with van der Waals surface area (Å²) >= 11 is 8.23. The van der Waals surface area contributed by atoms with Gasteiger partial charge in [0.2, 0.25) is 0 Å². The molecule has 0 fully saturated rings. The molecule has 20 heavy (non-hydrogen) atoms. The van der Waals surface area contributed by atoms with Gasteiger partial charge in [-0.15, -0.1) is 21.5 Å². The van der Waals surface area contributed by atoms with Gasteiger partial charge in [0.05, 0.1) is 20.7 Å². The van der Waals surface area contributed by atoms with E-state index in [0.29, 0.717) is 12.4 Å². The number of nitrogens with zero attached hydrogens (tertiary/aromatic N) is 3. The second kappa shape index (κ2) is 6.20. The molecule has 0 saturated heterocycles. The van der Waals surface area contributed by atoms with Gasteiger partial charge in [-0.1, -0.05) is 0 Å². The molecule has 7 nitrogen and oxygen atoms in total. The molecule has 0 unspecified atom stereocenters. The van der Waals surface area contributed by atoms with Crippen molar-refractivity contribution in [1.29, 1.82) is 0 Å². The molecular weight excluding hydrogens is 436 g/mol. The minimum atomic E-state index is -3.95. The summed E-state index contributed by atoms with van der Waals surface area (Å²) in [6.07, 6.45) is 0. The van der Waals surface area contributed by atoms with E-state index in [2.05, 4.69) is 42.1 Å². The number of nitrogens with two attached hydrogens (primary N) is 1. The van der Waals surface area contributed by atoms with E-state index in [1.165, 1.54) is 23.0 Å². The van der Waals surface area contributed by atoms with E-state index in [4.69, 9.17) is 9.88 Å². The van der Waals surface area contributed by atoms with Gasteiger partial charge in [0, 0.05) is 12.7 Å². The summed E-state index contributed by atoms with van der Waals surface area (Å²) in [5.74, 6) is 0.417. The highest BCUT2D eigenvalue weighted by Crippen LogP contribution is 2.38. The Balaban J connectivity index is 2.59. The molecule has 2 rings (SSSR count). The van der Waals surface area contributed by atoms with Crippen LogP contribution in [0.3, 0.4) is 0 Å². The summed E-state index contributed by atoms with van der Waals surface area (Å²) in [5.41, 5.74) is 0.736. The lowest BCUT2D eigenvalue weighted by atomic mass is 10.3. The van der Waals surface area contributed by atoms with Crippen molar-refractivity contribution in [3.8, 4) is 11.4 Å². The van der Waals surface area contributed by atoms with E-state index >= 15 is 0 Å². The lowest BCUT2D eigenvalue weighted by Gasteiger charge is -2.08. The predicted octanol–water partition coefficient (Wildman–Crippen LogP) is 1.83. The molecule has 0 aliphatic rings. The van der Waals surface area contributed by atoms with Crippen LogP contribution in [0.5, 0.6) is 0 Å². The molecule has 11 heteroatoms. The van der Waals surface area contributed by atoms with E-state index < -0.39 is 10.0 Å². The second-order valence-corrected chi connectivity index (χ2v) is 8.94. The number of hydrogen-bond donors (Lipinski definition) is 1. The molecule has 2 aromatic rings. The molecule has 110 valence electrons. The van der Waals surface area contributed by atoms with Crippen molar-refractivity contribution >= 4 is 53.2 Å². The van der Waals surface area contributed by atoms with Crippen LogP contribution in [0.25, 0.3) is 11.4 Å². The van der Waals surface area contributed by atoms with Crippen LogP contribution in [0.1, 0.15) is 0 Å². The molecule has 0 amide bonds. The van der Waals surface area contributed by atoms with Crippen LogP contribution in [0, 0.1) is 0 Å². The Morgan fingerprint density at radius 1 is 1.45 bits per heavy atom. The first-order valence-electron chi connectivity index (χ1n) is 5.24. The Bertz CT molecular complexity index is 726. The van der Waals surface area contributed by atoms with E-state index in [-0.39, 0.29) is 11.7 Å². The number of halogens is 2. The summed E-state index contributed by atoms with van der Waals surface area (Å²) in [6.45, 7) is 0.598. The summed E-state index contributed by atoms with van der Waals surface area (Å²) < 4.78 is 31.2. The number of aromatic nitrogens is 3. The minimum Gasteiger partial charge on any atom is -0.383 e. The van der Waals surface area contributed by atoms with Crippen molar-refractivity contribution in [2.45, 2.75) is 11.7 Å². The summed E-state index contributed by atoms with van der Waals surface area (Å²) in [5, 5.41) is 12.5. The third-order valence-corrected chi connectivity index (χ3v) is 5.54. The zero-order valence-electron chi connectivity index (χ0n) is 10.2. The molecule has 0 aliphatic carbocycles. The maximum absolute atomic E-state index is 11.5. The Labute approximate surface area is 136 Å². The van der Waals surface area contributed by atoms with Crippen LogP contribution in [0.2, 0.25) is 0 Å². The highest BCUT2D eigenvalue weighted by molar-refractivity contribution is 9.12. The van der Waals surface area contributed by atoms with Crippen LogP contribution in [0.15, 0.2) is 18.8 Å². The molecule has 0 saturated carbocycles. The van der Waals surface area contributed by atoms with Gasteiger partial charge in [-0.25, -0.2) is 13.6 Å². The second-order valence-electron chi connectivity index (χ2n) is 3.73. The molecule has 2 aromatic heterocycles. The molecule has 0 radical (unpaired) electrons. The monoisotopic (exact) mass is 444 g/mol.